The van der Waals surface area contributed by atoms with Crippen LogP contribution >= 0.6 is 0 Å². The number of hydrogen-bond acceptors (Lipinski definition) is 6. The Morgan fingerprint density at radius 1 is 0.912 bits per heavy atom. The third kappa shape index (κ3) is 6.27. The average molecular weight is 485 g/mol. The van der Waals surface area contributed by atoms with E-state index in [9.17, 15) is 13.2 Å². The first-order valence-corrected chi connectivity index (χ1v) is 12.3. The van der Waals surface area contributed by atoms with Gasteiger partial charge < -0.3 is 19.5 Å². The third-order valence-corrected chi connectivity index (χ3v) is 6.22. The lowest BCUT2D eigenvalue weighted by Gasteiger charge is -2.25. The molecule has 3 aromatic rings. The normalized spacial score (nSPS) is 11.1. The van der Waals surface area contributed by atoms with Gasteiger partial charge in [0.15, 0.2) is 0 Å². The number of nitrogens with one attached hydrogen (secondary N) is 1. The first-order chi connectivity index (χ1) is 16.2. The molecule has 0 aliphatic carbocycles. The third-order valence-electron chi connectivity index (χ3n) is 5.09. The van der Waals surface area contributed by atoms with E-state index in [1.165, 1.54) is 18.5 Å². The lowest BCUT2D eigenvalue weighted by molar-refractivity contribution is 0.102. The van der Waals surface area contributed by atoms with Crippen LogP contribution in [0.3, 0.4) is 0 Å². The van der Waals surface area contributed by atoms with Crippen molar-refractivity contribution in [2.75, 3.05) is 37.2 Å². The van der Waals surface area contributed by atoms with Gasteiger partial charge in [0.25, 0.3) is 5.91 Å². The van der Waals surface area contributed by atoms with Crippen molar-refractivity contribution in [2.24, 2.45) is 0 Å². The number of benzene rings is 3. The van der Waals surface area contributed by atoms with Gasteiger partial charge in [-0.25, -0.2) is 8.42 Å². The molecular weight excluding hydrogens is 456 g/mol. The number of hydrogen-bond donors (Lipinski definition) is 1. The fourth-order valence-electron chi connectivity index (χ4n) is 3.41. The molecule has 0 spiro atoms. The maximum Gasteiger partial charge on any atom is 0.255 e. The van der Waals surface area contributed by atoms with Crippen LogP contribution in [-0.4, -0.2) is 41.9 Å². The van der Waals surface area contributed by atoms with E-state index in [1.807, 2.05) is 18.2 Å². The number of amides is 1. The lowest BCUT2D eigenvalue weighted by Crippen LogP contribution is -2.29. The summed E-state index contributed by atoms with van der Waals surface area (Å²) in [4.78, 5) is 12.7. The van der Waals surface area contributed by atoms with Crippen LogP contribution in [0.1, 0.15) is 21.5 Å². The van der Waals surface area contributed by atoms with E-state index in [2.05, 4.69) is 5.32 Å². The van der Waals surface area contributed by atoms with Crippen molar-refractivity contribution in [2.45, 2.75) is 13.2 Å². The standard InChI is InChI=1S/C25H28N2O6S/c1-31-17-19-6-5-7-21(14-19)26-25(28)20-10-8-18(9-11-20)16-27(34(4,29)30)23-15-22(32-2)12-13-24(23)33-3/h5-15H,16-17H2,1-4H3,(H,26,28). The van der Waals surface area contributed by atoms with Crippen LogP contribution in [0.2, 0.25) is 0 Å². The molecule has 0 aromatic heterocycles. The fraction of sp³-hybridized carbons (Fsp3) is 0.240. The van der Waals surface area contributed by atoms with Crippen molar-refractivity contribution in [1.29, 1.82) is 0 Å². The van der Waals surface area contributed by atoms with Gasteiger partial charge in [-0.15, -0.1) is 0 Å². The van der Waals surface area contributed by atoms with Gasteiger partial charge in [-0.05, 0) is 47.5 Å². The second-order valence-electron chi connectivity index (χ2n) is 7.59. The molecule has 0 bridgehead atoms. The Hall–Kier alpha value is -3.56. The van der Waals surface area contributed by atoms with Gasteiger partial charge in [0.1, 0.15) is 11.5 Å². The molecular formula is C25H28N2O6S. The van der Waals surface area contributed by atoms with Crippen LogP contribution in [-0.2, 0) is 27.9 Å². The van der Waals surface area contributed by atoms with E-state index in [-0.39, 0.29) is 12.5 Å². The number of carbonyl (C=O) groups is 1. The van der Waals surface area contributed by atoms with Crippen LogP contribution in [0.4, 0.5) is 11.4 Å². The summed E-state index contributed by atoms with van der Waals surface area (Å²) >= 11 is 0. The lowest BCUT2D eigenvalue weighted by atomic mass is 10.1. The second-order valence-corrected chi connectivity index (χ2v) is 9.50. The van der Waals surface area contributed by atoms with Crippen LogP contribution in [0, 0.1) is 0 Å². The smallest absolute Gasteiger partial charge is 0.255 e. The van der Waals surface area contributed by atoms with Gasteiger partial charge in [0.2, 0.25) is 10.0 Å². The average Bonchev–Trinajstić information content (AvgIpc) is 2.82. The Bertz CT molecular complexity index is 1240. The number of methoxy groups -OCH3 is 3. The molecule has 1 N–H and O–H groups in total. The number of ether oxygens (including phenoxy) is 3. The highest BCUT2D eigenvalue weighted by atomic mass is 32.2. The number of anilines is 2. The molecule has 0 heterocycles. The molecule has 8 nitrogen and oxygen atoms in total. The molecule has 0 aliphatic rings. The summed E-state index contributed by atoms with van der Waals surface area (Å²) in [6.45, 7) is 0.511. The monoisotopic (exact) mass is 484 g/mol. The van der Waals surface area contributed by atoms with Crippen LogP contribution in [0.25, 0.3) is 0 Å². The molecule has 34 heavy (non-hydrogen) atoms. The van der Waals surface area contributed by atoms with Crippen molar-refractivity contribution in [3.05, 3.63) is 83.4 Å². The molecule has 0 unspecified atom stereocenters. The Balaban J connectivity index is 1.80. The zero-order valence-electron chi connectivity index (χ0n) is 19.6. The number of nitrogens with zero attached hydrogens (tertiary/aromatic N) is 1. The fourth-order valence-corrected chi connectivity index (χ4v) is 4.29. The second kappa shape index (κ2) is 11.0. The van der Waals surface area contributed by atoms with Crippen LogP contribution < -0.4 is 19.1 Å². The highest BCUT2D eigenvalue weighted by Gasteiger charge is 2.22. The van der Waals surface area contributed by atoms with Gasteiger partial charge in [0.05, 0.1) is 39.3 Å². The summed E-state index contributed by atoms with van der Waals surface area (Å²) in [6, 6.07) is 19.1. The van der Waals surface area contributed by atoms with E-state index in [4.69, 9.17) is 14.2 Å². The summed E-state index contributed by atoms with van der Waals surface area (Å²) in [5, 5.41) is 2.86. The first kappa shape index (κ1) is 25.1. The minimum atomic E-state index is -3.64. The number of sulfonamides is 1. The summed E-state index contributed by atoms with van der Waals surface area (Å²) in [7, 11) is 0.956. The molecule has 0 saturated heterocycles. The van der Waals surface area contributed by atoms with E-state index in [1.54, 1.807) is 55.6 Å². The Kier molecular flexibility index (Phi) is 8.14. The quantitative estimate of drug-likeness (QED) is 0.466. The molecule has 3 aromatic carbocycles. The Labute approximate surface area is 200 Å². The number of rotatable bonds is 10. The van der Waals surface area contributed by atoms with Gasteiger partial charge in [-0.3, -0.25) is 9.10 Å². The van der Waals surface area contributed by atoms with Crippen molar-refractivity contribution in [3.8, 4) is 11.5 Å². The molecule has 3 rings (SSSR count). The maximum absolute atomic E-state index is 12.7. The zero-order valence-corrected chi connectivity index (χ0v) is 20.4. The summed E-state index contributed by atoms with van der Waals surface area (Å²) < 4.78 is 42.2. The highest BCUT2D eigenvalue weighted by Crippen LogP contribution is 2.34. The van der Waals surface area contributed by atoms with Crippen LogP contribution in [0.15, 0.2) is 66.7 Å². The first-order valence-electron chi connectivity index (χ1n) is 10.4. The van der Waals surface area contributed by atoms with Gasteiger partial charge in [0, 0.05) is 24.4 Å². The molecule has 0 atom stereocenters. The van der Waals surface area contributed by atoms with E-state index in [0.717, 1.165) is 11.8 Å². The Morgan fingerprint density at radius 3 is 2.26 bits per heavy atom. The minimum absolute atomic E-state index is 0.0589. The summed E-state index contributed by atoms with van der Waals surface area (Å²) in [5.41, 5.74) is 3.13. The SMILES string of the molecule is COCc1cccc(NC(=O)c2ccc(CN(c3cc(OC)ccc3OC)S(C)(=O)=O)cc2)c1. The highest BCUT2D eigenvalue weighted by molar-refractivity contribution is 7.92. The predicted octanol–water partition coefficient (Wildman–Crippen LogP) is 4.07. The van der Waals surface area contributed by atoms with Crippen LogP contribution in [0.5, 0.6) is 11.5 Å². The summed E-state index contributed by atoms with van der Waals surface area (Å²) in [6.07, 6.45) is 1.13. The van der Waals surface area contributed by atoms with Gasteiger partial charge in [-0.1, -0.05) is 24.3 Å². The van der Waals surface area contributed by atoms with Crippen molar-refractivity contribution in [1.82, 2.24) is 0 Å². The molecule has 180 valence electrons. The van der Waals surface area contributed by atoms with E-state index < -0.39 is 10.0 Å². The van der Waals surface area contributed by atoms with Crippen molar-refractivity contribution >= 4 is 27.3 Å². The molecule has 0 fully saturated rings. The largest absolute Gasteiger partial charge is 0.497 e. The van der Waals surface area contributed by atoms with Gasteiger partial charge in [-0.2, -0.15) is 0 Å². The topological polar surface area (TPSA) is 94.2 Å². The predicted molar refractivity (Wildman–Crippen MR) is 132 cm³/mol. The van der Waals surface area contributed by atoms with E-state index in [0.29, 0.717) is 40.6 Å². The zero-order chi connectivity index (χ0) is 24.7. The van der Waals surface area contributed by atoms with Crippen molar-refractivity contribution < 1.29 is 27.4 Å². The molecule has 0 saturated carbocycles. The molecule has 1 amide bonds. The molecule has 0 aliphatic heterocycles. The van der Waals surface area contributed by atoms with Gasteiger partial charge >= 0.3 is 0 Å². The maximum atomic E-state index is 12.7. The van der Waals surface area contributed by atoms with Crippen molar-refractivity contribution in [3.63, 3.8) is 0 Å². The molecule has 9 heteroatoms. The minimum Gasteiger partial charge on any atom is -0.497 e. The number of carbonyl (C=O) groups excluding carboxylic acids is 1. The van der Waals surface area contributed by atoms with E-state index >= 15 is 0 Å². The summed E-state index contributed by atoms with van der Waals surface area (Å²) in [5.74, 6) is 0.638. The Morgan fingerprint density at radius 2 is 1.65 bits per heavy atom. The molecule has 0 radical (unpaired) electrons.